The minimum absolute atomic E-state index is 0.132. The van der Waals surface area contributed by atoms with Crippen molar-refractivity contribution in [2.75, 3.05) is 18.5 Å². The molecule has 0 aromatic heterocycles. The van der Waals surface area contributed by atoms with Crippen LogP contribution >= 0.6 is 0 Å². The number of hydrogen-bond acceptors (Lipinski definition) is 2. The molecule has 1 aromatic carbocycles. The van der Waals surface area contributed by atoms with Crippen molar-refractivity contribution in [1.82, 2.24) is 5.32 Å². The lowest BCUT2D eigenvalue weighted by atomic mass is 10.1. The number of nitrogens with zero attached hydrogens (tertiary/aromatic N) is 1. The fraction of sp³-hybridized carbons (Fsp3) is 0.364. The molecule has 0 unspecified atom stereocenters. The molecule has 0 saturated heterocycles. The average molecular weight is 190 g/mol. The van der Waals surface area contributed by atoms with Crippen molar-refractivity contribution in [3.8, 4) is 0 Å². The number of rotatable bonds is 2. The SMILES string of the molecule is CCN[C@@H]1C(=O)N(C)c2ccccc21. The van der Waals surface area contributed by atoms with Gasteiger partial charge in [-0.15, -0.1) is 0 Å². The molecule has 1 aromatic rings. The minimum atomic E-state index is -0.152. The smallest absolute Gasteiger partial charge is 0.248 e. The summed E-state index contributed by atoms with van der Waals surface area (Å²) < 4.78 is 0. The third-order valence-electron chi connectivity index (χ3n) is 2.59. The lowest BCUT2D eigenvalue weighted by Crippen LogP contribution is -2.32. The Hall–Kier alpha value is -1.35. The van der Waals surface area contributed by atoms with E-state index in [0.29, 0.717) is 0 Å². The van der Waals surface area contributed by atoms with Gasteiger partial charge in [0.05, 0.1) is 0 Å². The molecule has 0 bridgehead atoms. The van der Waals surface area contributed by atoms with Gasteiger partial charge in [-0.2, -0.15) is 0 Å². The fourth-order valence-corrected chi connectivity index (χ4v) is 1.88. The molecule has 1 N–H and O–H groups in total. The predicted molar refractivity (Wildman–Crippen MR) is 56.3 cm³/mol. The maximum Gasteiger partial charge on any atom is 0.248 e. The molecule has 1 aliphatic heterocycles. The van der Waals surface area contributed by atoms with E-state index >= 15 is 0 Å². The summed E-state index contributed by atoms with van der Waals surface area (Å²) in [5.74, 6) is 0.132. The van der Waals surface area contributed by atoms with Crippen molar-refractivity contribution in [3.63, 3.8) is 0 Å². The standard InChI is InChI=1S/C11H14N2O/c1-3-12-10-8-6-4-5-7-9(8)13(2)11(10)14/h4-7,10,12H,3H2,1-2H3/t10-/m0/s1. The van der Waals surface area contributed by atoms with Crippen LogP contribution in [0.2, 0.25) is 0 Å². The van der Waals surface area contributed by atoms with Crippen LogP contribution in [-0.2, 0) is 4.79 Å². The molecule has 1 heterocycles. The first-order valence-corrected chi connectivity index (χ1v) is 4.85. The quantitative estimate of drug-likeness (QED) is 0.762. The van der Waals surface area contributed by atoms with Crippen LogP contribution in [0.25, 0.3) is 0 Å². The molecule has 3 heteroatoms. The van der Waals surface area contributed by atoms with E-state index in [-0.39, 0.29) is 11.9 Å². The normalized spacial score (nSPS) is 20.0. The van der Waals surface area contributed by atoms with Gasteiger partial charge in [0.1, 0.15) is 6.04 Å². The first-order chi connectivity index (χ1) is 6.75. The van der Waals surface area contributed by atoms with Crippen molar-refractivity contribution in [2.24, 2.45) is 0 Å². The minimum Gasteiger partial charge on any atom is -0.313 e. The summed E-state index contributed by atoms with van der Waals surface area (Å²) in [5, 5.41) is 3.19. The Morgan fingerprint density at radius 1 is 1.43 bits per heavy atom. The summed E-state index contributed by atoms with van der Waals surface area (Å²) in [6.07, 6.45) is 0. The van der Waals surface area contributed by atoms with E-state index < -0.39 is 0 Å². The van der Waals surface area contributed by atoms with Crippen molar-refractivity contribution in [2.45, 2.75) is 13.0 Å². The maximum absolute atomic E-state index is 11.8. The zero-order chi connectivity index (χ0) is 10.1. The summed E-state index contributed by atoms with van der Waals surface area (Å²) >= 11 is 0. The van der Waals surface area contributed by atoms with Gasteiger partial charge in [0, 0.05) is 18.3 Å². The lowest BCUT2D eigenvalue weighted by molar-refractivity contribution is -0.119. The van der Waals surface area contributed by atoms with Gasteiger partial charge in [-0.3, -0.25) is 4.79 Å². The average Bonchev–Trinajstić information content (AvgIpc) is 2.45. The first-order valence-electron chi connectivity index (χ1n) is 4.85. The molecule has 3 nitrogen and oxygen atoms in total. The van der Waals surface area contributed by atoms with E-state index in [1.807, 2.05) is 38.2 Å². The van der Waals surface area contributed by atoms with Gasteiger partial charge in [-0.1, -0.05) is 25.1 Å². The second-order valence-corrected chi connectivity index (χ2v) is 3.45. The van der Waals surface area contributed by atoms with Gasteiger partial charge in [-0.25, -0.2) is 0 Å². The topological polar surface area (TPSA) is 32.3 Å². The van der Waals surface area contributed by atoms with Gasteiger partial charge in [0.25, 0.3) is 0 Å². The van der Waals surface area contributed by atoms with Gasteiger partial charge >= 0.3 is 0 Å². The zero-order valence-corrected chi connectivity index (χ0v) is 8.45. The lowest BCUT2D eigenvalue weighted by Gasteiger charge is -2.11. The summed E-state index contributed by atoms with van der Waals surface area (Å²) in [5.41, 5.74) is 2.10. The van der Waals surface area contributed by atoms with E-state index in [2.05, 4.69) is 5.32 Å². The number of likely N-dealkylation sites (N-methyl/N-ethyl adjacent to an activating group) is 2. The molecule has 0 spiro atoms. The molecule has 0 saturated carbocycles. The molecule has 74 valence electrons. The van der Waals surface area contributed by atoms with Crippen LogP contribution in [0.1, 0.15) is 18.5 Å². The van der Waals surface area contributed by atoms with Crippen molar-refractivity contribution >= 4 is 11.6 Å². The van der Waals surface area contributed by atoms with Crippen LogP contribution in [-0.4, -0.2) is 19.5 Å². The van der Waals surface area contributed by atoms with Crippen LogP contribution < -0.4 is 10.2 Å². The number of hydrogen-bond donors (Lipinski definition) is 1. The summed E-state index contributed by atoms with van der Waals surface area (Å²) in [7, 11) is 1.82. The molecular formula is C11H14N2O. The molecule has 1 atom stereocenters. The predicted octanol–water partition coefficient (Wildman–Crippen LogP) is 1.31. The largest absolute Gasteiger partial charge is 0.313 e. The second-order valence-electron chi connectivity index (χ2n) is 3.45. The van der Waals surface area contributed by atoms with E-state index in [1.165, 1.54) is 0 Å². The summed E-state index contributed by atoms with van der Waals surface area (Å²) in [6.45, 7) is 2.81. The first kappa shape index (κ1) is 9.21. The highest BCUT2D eigenvalue weighted by molar-refractivity contribution is 6.04. The molecular weight excluding hydrogens is 176 g/mol. The van der Waals surface area contributed by atoms with E-state index in [4.69, 9.17) is 0 Å². The molecule has 1 amide bonds. The van der Waals surface area contributed by atoms with Gasteiger partial charge in [0.15, 0.2) is 0 Å². The number of amides is 1. The van der Waals surface area contributed by atoms with E-state index in [0.717, 1.165) is 17.8 Å². The van der Waals surface area contributed by atoms with E-state index in [9.17, 15) is 4.79 Å². The van der Waals surface area contributed by atoms with Gasteiger partial charge in [0.2, 0.25) is 5.91 Å². The van der Waals surface area contributed by atoms with Crippen LogP contribution in [0.3, 0.4) is 0 Å². The Morgan fingerprint density at radius 3 is 2.86 bits per heavy atom. The summed E-state index contributed by atoms with van der Waals surface area (Å²) in [4.78, 5) is 13.5. The Kier molecular flexibility index (Phi) is 2.25. The van der Waals surface area contributed by atoms with Crippen molar-refractivity contribution in [1.29, 1.82) is 0 Å². The molecule has 0 aliphatic carbocycles. The maximum atomic E-state index is 11.8. The monoisotopic (exact) mass is 190 g/mol. The third kappa shape index (κ3) is 1.21. The van der Waals surface area contributed by atoms with Crippen LogP contribution in [0.15, 0.2) is 24.3 Å². The Balaban J connectivity index is 2.42. The fourth-order valence-electron chi connectivity index (χ4n) is 1.88. The number of para-hydroxylation sites is 1. The molecule has 1 aliphatic rings. The third-order valence-corrected chi connectivity index (χ3v) is 2.59. The highest BCUT2D eigenvalue weighted by Crippen LogP contribution is 2.33. The van der Waals surface area contributed by atoms with Gasteiger partial charge < -0.3 is 10.2 Å². The molecule has 0 radical (unpaired) electrons. The number of carbonyl (C=O) groups is 1. The molecule has 2 rings (SSSR count). The molecule has 14 heavy (non-hydrogen) atoms. The highest BCUT2D eigenvalue weighted by Gasteiger charge is 2.33. The Morgan fingerprint density at radius 2 is 2.14 bits per heavy atom. The van der Waals surface area contributed by atoms with Crippen molar-refractivity contribution in [3.05, 3.63) is 29.8 Å². The number of anilines is 1. The number of nitrogens with one attached hydrogen (secondary N) is 1. The van der Waals surface area contributed by atoms with Crippen LogP contribution in [0.4, 0.5) is 5.69 Å². The zero-order valence-electron chi connectivity index (χ0n) is 8.45. The Labute approximate surface area is 83.7 Å². The van der Waals surface area contributed by atoms with Gasteiger partial charge in [-0.05, 0) is 12.6 Å². The number of benzene rings is 1. The number of carbonyl (C=O) groups excluding carboxylic acids is 1. The Bertz CT molecular complexity index is 362. The summed E-state index contributed by atoms with van der Waals surface area (Å²) in [6, 6.07) is 7.75. The van der Waals surface area contributed by atoms with E-state index in [1.54, 1.807) is 4.90 Å². The van der Waals surface area contributed by atoms with Crippen LogP contribution in [0.5, 0.6) is 0 Å². The van der Waals surface area contributed by atoms with Crippen LogP contribution in [0, 0.1) is 0 Å². The number of fused-ring (bicyclic) bond motifs is 1. The molecule has 0 fully saturated rings. The van der Waals surface area contributed by atoms with Crippen molar-refractivity contribution < 1.29 is 4.79 Å². The second kappa shape index (κ2) is 3.42. The highest BCUT2D eigenvalue weighted by atomic mass is 16.2.